The summed E-state index contributed by atoms with van der Waals surface area (Å²) in [6.45, 7) is 13.6. The third-order valence-electron chi connectivity index (χ3n) is 5.19. The fourth-order valence-electron chi connectivity index (χ4n) is 3.54. The van der Waals surface area contributed by atoms with Crippen LogP contribution in [0.25, 0.3) is 0 Å². The molecule has 24 heavy (non-hydrogen) atoms. The Labute approximate surface area is 146 Å². The lowest BCUT2D eigenvalue weighted by atomic mass is 9.92. The molecule has 1 aromatic rings. The summed E-state index contributed by atoms with van der Waals surface area (Å²) in [5, 5.41) is 0. The summed E-state index contributed by atoms with van der Waals surface area (Å²) in [6.07, 6.45) is 2.22. The average Bonchev–Trinajstić information content (AvgIpc) is 2.97. The number of carbonyl (C=O) groups is 1. The average molecular weight is 329 g/mol. The van der Waals surface area contributed by atoms with E-state index in [0.717, 1.165) is 44.8 Å². The molecule has 2 aliphatic heterocycles. The molecule has 0 saturated carbocycles. The number of carbonyl (C=O) groups excluding carboxylic acids is 1. The fourth-order valence-corrected chi connectivity index (χ4v) is 3.54. The lowest BCUT2D eigenvalue weighted by molar-refractivity contribution is -0.120. The number of fused-ring (bicyclic) bond motifs is 1. The van der Waals surface area contributed by atoms with Crippen molar-refractivity contribution in [3.63, 3.8) is 0 Å². The summed E-state index contributed by atoms with van der Waals surface area (Å²) in [7, 11) is 0. The van der Waals surface area contributed by atoms with Crippen molar-refractivity contribution in [2.24, 2.45) is 5.41 Å². The quantitative estimate of drug-likeness (QED) is 0.850. The van der Waals surface area contributed by atoms with Gasteiger partial charge in [0.2, 0.25) is 5.91 Å². The summed E-state index contributed by atoms with van der Waals surface area (Å²) in [6, 6.07) is 8.29. The largest absolute Gasteiger partial charge is 0.311 e. The Hall–Kier alpha value is -1.39. The molecule has 0 radical (unpaired) electrons. The smallest absolute Gasteiger partial charge is 0.241 e. The van der Waals surface area contributed by atoms with Crippen LogP contribution in [0.15, 0.2) is 24.3 Å². The summed E-state index contributed by atoms with van der Waals surface area (Å²) in [5.74, 6) is 0.253. The minimum Gasteiger partial charge on any atom is -0.311 e. The maximum absolute atomic E-state index is 12.7. The number of anilines is 1. The van der Waals surface area contributed by atoms with Crippen LogP contribution in [0.2, 0.25) is 0 Å². The van der Waals surface area contributed by atoms with Crippen molar-refractivity contribution in [1.29, 1.82) is 0 Å². The van der Waals surface area contributed by atoms with Gasteiger partial charge in [0.1, 0.15) is 0 Å². The predicted octanol–water partition coefficient (Wildman–Crippen LogP) is 2.63. The fraction of sp³-hybridized carbons (Fsp3) is 0.650. The van der Waals surface area contributed by atoms with Gasteiger partial charge in [-0.1, -0.05) is 39.0 Å². The molecule has 0 N–H and O–H groups in total. The Morgan fingerprint density at radius 3 is 2.38 bits per heavy atom. The molecule has 0 aliphatic carbocycles. The van der Waals surface area contributed by atoms with E-state index in [0.29, 0.717) is 12.0 Å². The van der Waals surface area contributed by atoms with Gasteiger partial charge in [-0.15, -0.1) is 0 Å². The monoisotopic (exact) mass is 329 g/mol. The van der Waals surface area contributed by atoms with Crippen molar-refractivity contribution in [3.05, 3.63) is 29.8 Å². The third-order valence-corrected chi connectivity index (χ3v) is 5.19. The van der Waals surface area contributed by atoms with Crippen molar-refractivity contribution in [2.45, 2.75) is 33.6 Å². The number of benzene rings is 1. The van der Waals surface area contributed by atoms with E-state index in [1.807, 2.05) is 11.0 Å². The molecule has 3 rings (SSSR count). The van der Waals surface area contributed by atoms with E-state index in [4.69, 9.17) is 0 Å². The van der Waals surface area contributed by atoms with Gasteiger partial charge in [-0.05, 0) is 36.4 Å². The topological polar surface area (TPSA) is 26.8 Å². The predicted molar refractivity (Wildman–Crippen MR) is 99.5 cm³/mol. The molecule has 0 spiro atoms. The molecule has 4 nitrogen and oxygen atoms in total. The number of rotatable bonds is 4. The van der Waals surface area contributed by atoms with E-state index >= 15 is 0 Å². The van der Waals surface area contributed by atoms with E-state index in [-0.39, 0.29) is 5.91 Å². The van der Waals surface area contributed by atoms with Crippen LogP contribution in [0.1, 0.15) is 32.8 Å². The second-order valence-electron chi connectivity index (χ2n) is 8.35. The van der Waals surface area contributed by atoms with Gasteiger partial charge in [0.05, 0.1) is 6.54 Å². The van der Waals surface area contributed by atoms with Gasteiger partial charge in [-0.3, -0.25) is 9.69 Å². The zero-order chi connectivity index (χ0) is 17.2. The number of hydrogen-bond donors (Lipinski definition) is 0. The Kier molecular flexibility index (Phi) is 5.26. The van der Waals surface area contributed by atoms with E-state index in [1.165, 1.54) is 18.5 Å². The molecule has 1 fully saturated rings. The second kappa shape index (κ2) is 7.24. The van der Waals surface area contributed by atoms with E-state index in [9.17, 15) is 4.79 Å². The van der Waals surface area contributed by atoms with Crippen LogP contribution >= 0.6 is 0 Å². The SMILES string of the molecule is CC(C)(C)CCN1CCN(CC(=O)N2CCc3ccccc32)CC1. The van der Waals surface area contributed by atoms with Crippen molar-refractivity contribution < 1.29 is 4.79 Å². The zero-order valence-electron chi connectivity index (χ0n) is 15.4. The van der Waals surface area contributed by atoms with Crippen molar-refractivity contribution in [3.8, 4) is 0 Å². The van der Waals surface area contributed by atoms with Crippen LogP contribution < -0.4 is 4.90 Å². The van der Waals surface area contributed by atoms with Crippen molar-refractivity contribution in [2.75, 3.05) is 50.7 Å². The maximum atomic E-state index is 12.7. The molecule has 0 unspecified atom stereocenters. The van der Waals surface area contributed by atoms with Crippen LogP contribution in [0.4, 0.5) is 5.69 Å². The summed E-state index contributed by atoms with van der Waals surface area (Å²) in [4.78, 5) is 19.5. The summed E-state index contributed by atoms with van der Waals surface area (Å²) < 4.78 is 0. The van der Waals surface area contributed by atoms with Crippen LogP contribution in [0, 0.1) is 5.41 Å². The highest BCUT2D eigenvalue weighted by molar-refractivity contribution is 5.96. The molecular weight excluding hydrogens is 298 g/mol. The molecule has 1 amide bonds. The van der Waals surface area contributed by atoms with E-state index in [1.54, 1.807) is 0 Å². The van der Waals surface area contributed by atoms with Crippen molar-refractivity contribution in [1.82, 2.24) is 9.80 Å². The second-order valence-corrected chi connectivity index (χ2v) is 8.35. The molecule has 0 atom stereocenters. The molecule has 132 valence electrons. The molecule has 0 bridgehead atoms. The third kappa shape index (κ3) is 4.37. The number of amides is 1. The molecule has 1 aromatic carbocycles. The van der Waals surface area contributed by atoms with Gasteiger partial charge in [-0.25, -0.2) is 0 Å². The molecule has 0 aromatic heterocycles. The molecule has 1 saturated heterocycles. The molecule has 2 aliphatic rings. The van der Waals surface area contributed by atoms with Gasteiger partial charge in [0, 0.05) is 38.4 Å². The lowest BCUT2D eigenvalue weighted by Gasteiger charge is -2.36. The zero-order valence-corrected chi connectivity index (χ0v) is 15.4. The number of nitrogens with zero attached hydrogens (tertiary/aromatic N) is 3. The highest BCUT2D eigenvalue weighted by Gasteiger charge is 2.27. The highest BCUT2D eigenvalue weighted by Crippen LogP contribution is 2.27. The summed E-state index contributed by atoms with van der Waals surface area (Å²) in [5.41, 5.74) is 2.82. The molecule has 2 heterocycles. The van der Waals surface area contributed by atoms with E-state index < -0.39 is 0 Å². The van der Waals surface area contributed by atoms with Gasteiger partial charge in [0.15, 0.2) is 0 Å². The number of para-hydroxylation sites is 1. The molecular formula is C20H31N3O. The standard InChI is InChI=1S/C20H31N3O/c1-20(2,3)9-11-21-12-14-22(15-13-21)16-19(24)23-10-8-17-6-4-5-7-18(17)23/h4-7H,8-16H2,1-3H3. The number of piperazine rings is 1. The normalized spacial score (nSPS) is 19.5. The Bertz CT molecular complexity index is 570. The Morgan fingerprint density at radius 1 is 1.00 bits per heavy atom. The lowest BCUT2D eigenvalue weighted by Crippen LogP contribution is -2.50. The number of hydrogen-bond acceptors (Lipinski definition) is 3. The summed E-state index contributed by atoms with van der Waals surface area (Å²) >= 11 is 0. The molecule has 4 heteroatoms. The van der Waals surface area contributed by atoms with Crippen molar-refractivity contribution >= 4 is 11.6 Å². The first-order valence-corrected chi connectivity index (χ1v) is 9.25. The first-order valence-electron chi connectivity index (χ1n) is 9.25. The van der Waals surface area contributed by atoms with Crippen LogP contribution in [0.3, 0.4) is 0 Å². The van der Waals surface area contributed by atoms with Gasteiger partial charge in [0.25, 0.3) is 0 Å². The van der Waals surface area contributed by atoms with Crippen LogP contribution in [-0.4, -0.2) is 61.5 Å². The first-order chi connectivity index (χ1) is 11.4. The Morgan fingerprint density at radius 2 is 1.67 bits per heavy atom. The Balaban J connectivity index is 1.46. The van der Waals surface area contributed by atoms with Gasteiger partial charge in [-0.2, -0.15) is 0 Å². The van der Waals surface area contributed by atoms with E-state index in [2.05, 4.69) is 48.8 Å². The van der Waals surface area contributed by atoms with Gasteiger partial charge < -0.3 is 9.80 Å². The highest BCUT2D eigenvalue weighted by atomic mass is 16.2. The minimum absolute atomic E-state index is 0.253. The van der Waals surface area contributed by atoms with Crippen LogP contribution in [0.5, 0.6) is 0 Å². The maximum Gasteiger partial charge on any atom is 0.241 e. The first kappa shape index (κ1) is 17.4. The van der Waals surface area contributed by atoms with Crippen LogP contribution in [-0.2, 0) is 11.2 Å². The van der Waals surface area contributed by atoms with Gasteiger partial charge >= 0.3 is 0 Å². The minimum atomic E-state index is 0.253.